The van der Waals surface area contributed by atoms with Crippen molar-refractivity contribution in [2.24, 2.45) is 0 Å². The largest absolute Gasteiger partial charge is 0.457 e. The van der Waals surface area contributed by atoms with Crippen molar-refractivity contribution in [1.82, 2.24) is 10.6 Å². The molecule has 2 fully saturated rings. The highest BCUT2D eigenvalue weighted by molar-refractivity contribution is 5.94. The third-order valence-electron chi connectivity index (χ3n) is 4.76. The second-order valence-corrected chi connectivity index (χ2v) is 6.45. The zero-order chi connectivity index (χ0) is 16.5. The second kappa shape index (κ2) is 6.24. The summed E-state index contributed by atoms with van der Waals surface area (Å²) in [6.07, 6.45) is 3.36. The lowest BCUT2D eigenvalue weighted by molar-refractivity contribution is 0.0931. The van der Waals surface area contributed by atoms with E-state index in [2.05, 4.69) is 10.6 Å². The summed E-state index contributed by atoms with van der Waals surface area (Å²) in [7, 11) is 0. The maximum Gasteiger partial charge on any atom is 0.251 e. The van der Waals surface area contributed by atoms with Crippen LogP contribution in [0.4, 0.5) is 4.39 Å². The molecule has 0 unspecified atom stereocenters. The van der Waals surface area contributed by atoms with Gasteiger partial charge < -0.3 is 15.4 Å². The Morgan fingerprint density at radius 1 is 1.12 bits per heavy atom. The van der Waals surface area contributed by atoms with Crippen molar-refractivity contribution >= 4 is 5.91 Å². The predicted octanol–water partition coefficient (Wildman–Crippen LogP) is 3.24. The third-order valence-corrected chi connectivity index (χ3v) is 4.76. The van der Waals surface area contributed by atoms with E-state index < -0.39 is 0 Å². The molecule has 4 nitrogen and oxygen atoms in total. The van der Waals surface area contributed by atoms with Gasteiger partial charge in [-0.05, 0) is 55.7 Å². The molecule has 2 bridgehead atoms. The van der Waals surface area contributed by atoms with Crippen molar-refractivity contribution in [2.75, 3.05) is 0 Å². The number of rotatable bonds is 4. The number of carbonyl (C=O) groups is 1. The molecule has 2 saturated heterocycles. The van der Waals surface area contributed by atoms with Crippen LogP contribution >= 0.6 is 0 Å². The molecule has 2 aromatic carbocycles. The summed E-state index contributed by atoms with van der Waals surface area (Å²) < 4.78 is 18.7. The van der Waals surface area contributed by atoms with Gasteiger partial charge in [0.05, 0.1) is 0 Å². The van der Waals surface area contributed by atoms with E-state index in [-0.39, 0.29) is 17.8 Å². The van der Waals surface area contributed by atoms with Gasteiger partial charge in [-0.1, -0.05) is 6.07 Å². The van der Waals surface area contributed by atoms with Gasteiger partial charge in [0.1, 0.15) is 17.3 Å². The molecule has 2 aromatic rings. The summed E-state index contributed by atoms with van der Waals surface area (Å²) in [5.41, 5.74) is 0.601. The van der Waals surface area contributed by atoms with Crippen LogP contribution in [0, 0.1) is 5.82 Å². The average Bonchev–Trinajstić information content (AvgIpc) is 3.18. The van der Waals surface area contributed by atoms with Gasteiger partial charge in [-0.2, -0.15) is 0 Å². The molecule has 2 heterocycles. The Morgan fingerprint density at radius 2 is 1.96 bits per heavy atom. The topological polar surface area (TPSA) is 50.4 Å². The van der Waals surface area contributed by atoms with Crippen molar-refractivity contribution in [3.63, 3.8) is 0 Å². The zero-order valence-corrected chi connectivity index (χ0v) is 13.2. The maximum atomic E-state index is 13.2. The van der Waals surface area contributed by atoms with Crippen LogP contribution in [-0.4, -0.2) is 24.0 Å². The summed E-state index contributed by atoms with van der Waals surface area (Å²) >= 11 is 0. The fourth-order valence-electron chi connectivity index (χ4n) is 3.58. The summed E-state index contributed by atoms with van der Waals surface area (Å²) in [4.78, 5) is 12.4. The standard InChI is InChI=1S/C19H19FN2O2/c20-13-2-1-3-16(10-13)24-15-7-4-12(5-8-15)19(23)22-18-11-14-6-9-17(18)21-14/h1-5,7-8,10,14,17-18,21H,6,9,11H2,(H,22,23)/t14-,17+,18-/m1/s1. The molecule has 0 saturated carbocycles. The number of amides is 1. The van der Waals surface area contributed by atoms with Crippen LogP contribution in [0.5, 0.6) is 11.5 Å². The van der Waals surface area contributed by atoms with Crippen LogP contribution < -0.4 is 15.4 Å². The highest BCUT2D eigenvalue weighted by atomic mass is 19.1. The molecule has 2 aliphatic heterocycles. The zero-order valence-electron chi connectivity index (χ0n) is 13.2. The number of benzene rings is 2. The molecular weight excluding hydrogens is 307 g/mol. The van der Waals surface area contributed by atoms with Crippen molar-refractivity contribution in [3.8, 4) is 11.5 Å². The second-order valence-electron chi connectivity index (χ2n) is 6.45. The van der Waals surface area contributed by atoms with Gasteiger partial charge in [-0.3, -0.25) is 4.79 Å². The molecule has 0 radical (unpaired) electrons. The van der Waals surface area contributed by atoms with E-state index in [0.717, 1.165) is 12.8 Å². The minimum absolute atomic E-state index is 0.0633. The highest BCUT2D eigenvalue weighted by Crippen LogP contribution is 2.28. The van der Waals surface area contributed by atoms with Gasteiger partial charge in [-0.25, -0.2) is 4.39 Å². The smallest absolute Gasteiger partial charge is 0.251 e. The van der Waals surface area contributed by atoms with E-state index in [1.165, 1.54) is 18.6 Å². The molecule has 5 heteroatoms. The van der Waals surface area contributed by atoms with Crippen LogP contribution in [0.25, 0.3) is 0 Å². The van der Waals surface area contributed by atoms with Crippen LogP contribution in [-0.2, 0) is 0 Å². The van der Waals surface area contributed by atoms with E-state index in [4.69, 9.17) is 4.74 Å². The summed E-state index contributed by atoms with van der Waals surface area (Å²) in [6, 6.07) is 14.1. The Balaban J connectivity index is 1.39. The molecular formula is C19H19FN2O2. The molecule has 4 rings (SSSR count). The van der Waals surface area contributed by atoms with Crippen LogP contribution in [0.15, 0.2) is 48.5 Å². The first kappa shape index (κ1) is 15.1. The minimum Gasteiger partial charge on any atom is -0.457 e. The molecule has 2 aliphatic rings. The Labute approximate surface area is 140 Å². The Morgan fingerprint density at radius 3 is 2.62 bits per heavy atom. The van der Waals surface area contributed by atoms with Gasteiger partial charge in [-0.15, -0.1) is 0 Å². The van der Waals surface area contributed by atoms with Gasteiger partial charge in [0.15, 0.2) is 0 Å². The molecule has 0 aliphatic carbocycles. The van der Waals surface area contributed by atoms with Crippen LogP contribution in [0.2, 0.25) is 0 Å². The molecule has 24 heavy (non-hydrogen) atoms. The van der Waals surface area contributed by atoms with Crippen molar-refractivity contribution in [3.05, 3.63) is 59.9 Å². The monoisotopic (exact) mass is 326 g/mol. The lowest BCUT2D eigenvalue weighted by Gasteiger charge is -2.21. The van der Waals surface area contributed by atoms with Gasteiger partial charge in [0.25, 0.3) is 5.91 Å². The van der Waals surface area contributed by atoms with E-state index in [0.29, 0.717) is 29.1 Å². The highest BCUT2D eigenvalue weighted by Gasteiger charge is 2.39. The van der Waals surface area contributed by atoms with Gasteiger partial charge in [0, 0.05) is 29.8 Å². The quantitative estimate of drug-likeness (QED) is 0.907. The van der Waals surface area contributed by atoms with E-state index in [1.54, 1.807) is 36.4 Å². The van der Waals surface area contributed by atoms with Crippen LogP contribution in [0.1, 0.15) is 29.6 Å². The van der Waals surface area contributed by atoms with Crippen molar-refractivity contribution in [2.45, 2.75) is 37.4 Å². The number of ether oxygens (including phenoxy) is 1. The maximum absolute atomic E-state index is 13.2. The number of fused-ring (bicyclic) bond motifs is 2. The predicted molar refractivity (Wildman–Crippen MR) is 88.7 cm³/mol. The first-order valence-electron chi connectivity index (χ1n) is 8.28. The van der Waals surface area contributed by atoms with Crippen molar-refractivity contribution < 1.29 is 13.9 Å². The molecule has 0 aromatic heterocycles. The molecule has 3 atom stereocenters. The normalized spacial score (nSPS) is 24.8. The molecule has 0 spiro atoms. The van der Waals surface area contributed by atoms with Crippen LogP contribution in [0.3, 0.4) is 0 Å². The average molecular weight is 326 g/mol. The number of nitrogens with one attached hydrogen (secondary N) is 2. The van der Waals surface area contributed by atoms with E-state index >= 15 is 0 Å². The number of halogens is 1. The Bertz CT molecular complexity index is 747. The fourth-order valence-corrected chi connectivity index (χ4v) is 3.58. The summed E-state index contributed by atoms with van der Waals surface area (Å²) in [6.45, 7) is 0. The fraction of sp³-hybridized carbons (Fsp3) is 0.316. The summed E-state index contributed by atoms with van der Waals surface area (Å²) in [5, 5.41) is 6.62. The molecule has 124 valence electrons. The number of carbonyl (C=O) groups excluding carboxylic acids is 1. The lowest BCUT2D eigenvalue weighted by atomic mass is 9.95. The Kier molecular flexibility index (Phi) is 3.94. The lowest BCUT2D eigenvalue weighted by Crippen LogP contribution is -2.42. The minimum atomic E-state index is -0.344. The molecule has 1 amide bonds. The Hall–Kier alpha value is -2.40. The van der Waals surface area contributed by atoms with E-state index in [1.807, 2.05) is 0 Å². The van der Waals surface area contributed by atoms with Gasteiger partial charge in [0.2, 0.25) is 0 Å². The first-order chi connectivity index (χ1) is 11.7. The first-order valence-corrected chi connectivity index (χ1v) is 8.28. The van der Waals surface area contributed by atoms with Crippen molar-refractivity contribution in [1.29, 1.82) is 0 Å². The summed E-state index contributed by atoms with van der Waals surface area (Å²) in [5.74, 6) is 0.591. The SMILES string of the molecule is O=C(N[C@@H]1C[C@H]2CC[C@@H]1N2)c1ccc(Oc2cccc(F)c2)cc1. The third kappa shape index (κ3) is 3.12. The van der Waals surface area contributed by atoms with Gasteiger partial charge >= 0.3 is 0 Å². The molecule has 2 N–H and O–H groups in total. The number of hydrogen-bond donors (Lipinski definition) is 2. The number of hydrogen-bond acceptors (Lipinski definition) is 3. The van der Waals surface area contributed by atoms with E-state index in [9.17, 15) is 9.18 Å².